The molecular formula is C16H10BrFN2O. The van der Waals surface area contributed by atoms with Crippen LogP contribution in [0.1, 0.15) is 16.1 Å². The van der Waals surface area contributed by atoms with Crippen LogP contribution < -0.4 is 0 Å². The van der Waals surface area contributed by atoms with Crippen LogP contribution in [0.5, 0.6) is 0 Å². The number of para-hydroxylation sites is 1. The van der Waals surface area contributed by atoms with E-state index in [4.69, 9.17) is 0 Å². The van der Waals surface area contributed by atoms with Gasteiger partial charge < -0.3 is 0 Å². The minimum absolute atomic E-state index is 0.0240. The highest BCUT2D eigenvalue weighted by molar-refractivity contribution is 9.10. The summed E-state index contributed by atoms with van der Waals surface area (Å²) in [6, 6.07) is 15.2. The summed E-state index contributed by atoms with van der Waals surface area (Å²) < 4.78 is 16.0. The summed E-state index contributed by atoms with van der Waals surface area (Å²) >= 11 is 3.18. The lowest BCUT2D eigenvalue weighted by Gasteiger charge is -2.07. The first-order valence-corrected chi connectivity index (χ1v) is 7.05. The molecule has 0 spiro atoms. The zero-order valence-corrected chi connectivity index (χ0v) is 12.4. The van der Waals surface area contributed by atoms with E-state index < -0.39 is 11.6 Å². The summed E-state index contributed by atoms with van der Waals surface area (Å²) in [5, 5.41) is 4.14. The van der Waals surface area contributed by atoms with E-state index in [9.17, 15) is 9.18 Å². The normalized spacial score (nSPS) is 10.6. The second-order valence-corrected chi connectivity index (χ2v) is 5.33. The van der Waals surface area contributed by atoms with E-state index in [0.29, 0.717) is 10.2 Å². The fraction of sp³-hybridized carbons (Fsp3) is 0. The maximum Gasteiger partial charge on any atom is 0.214 e. The number of hydrogen-bond donors (Lipinski definition) is 0. The van der Waals surface area contributed by atoms with Crippen LogP contribution in [-0.4, -0.2) is 15.6 Å². The molecule has 3 aromatic rings. The van der Waals surface area contributed by atoms with Crippen molar-refractivity contribution in [2.45, 2.75) is 0 Å². The summed E-state index contributed by atoms with van der Waals surface area (Å²) in [5.74, 6) is -0.962. The highest BCUT2D eigenvalue weighted by atomic mass is 79.9. The number of aromatic nitrogens is 2. The maximum absolute atomic E-state index is 13.9. The highest BCUT2D eigenvalue weighted by Crippen LogP contribution is 2.19. The molecule has 1 aromatic heterocycles. The number of carbonyl (C=O) groups excluding carboxylic acids is 1. The molecule has 0 saturated carbocycles. The Labute approximate surface area is 129 Å². The molecule has 0 aliphatic carbocycles. The molecule has 3 nitrogen and oxygen atoms in total. The number of ketones is 1. The Balaban J connectivity index is 2.06. The van der Waals surface area contributed by atoms with Gasteiger partial charge >= 0.3 is 0 Å². The predicted octanol–water partition coefficient (Wildman–Crippen LogP) is 4.00. The van der Waals surface area contributed by atoms with Crippen LogP contribution >= 0.6 is 15.9 Å². The van der Waals surface area contributed by atoms with E-state index >= 15 is 0 Å². The lowest BCUT2D eigenvalue weighted by atomic mass is 10.1. The maximum atomic E-state index is 13.9. The molecule has 0 amide bonds. The Bertz CT molecular complexity index is 799. The Morgan fingerprint density at radius 3 is 2.57 bits per heavy atom. The van der Waals surface area contributed by atoms with Crippen LogP contribution in [0.2, 0.25) is 0 Å². The monoisotopic (exact) mass is 344 g/mol. The number of nitrogens with zero attached hydrogens (tertiary/aromatic N) is 2. The largest absolute Gasteiger partial charge is 0.287 e. The smallest absolute Gasteiger partial charge is 0.214 e. The quantitative estimate of drug-likeness (QED) is 0.673. The molecule has 2 aromatic carbocycles. The summed E-state index contributed by atoms with van der Waals surface area (Å²) in [6.45, 7) is 0. The molecule has 5 heteroatoms. The van der Waals surface area contributed by atoms with E-state index in [1.807, 2.05) is 30.3 Å². The van der Waals surface area contributed by atoms with E-state index in [1.165, 1.54) is 23.0 Å². The molecule has 104 valence electrons. The van der Waals surface area contributed by atoms with Crippen molar-refractivity contribution in [2.24, 2.45) is 0 Å². The number of halogens is 2. The Morgan fingerprint density at radius 2 is 1.86 bits per heavy atom. The number of benzene rings is 2. The van der Waals surface area contributed by atoms with E-state index in [2.05, 4.69) is 21.0 Å². The molecule has 0 N–H and O–H groups in total. The third kappa shape index (κ3) is 2.64. The van der Waals surface area contributed by atoms with E-state index in [1.54, 1.807) is 12.1 Å². The Morgan fingerprint density at radius 1 is 1.10 bits per heavy atom. The molecule has 0 bridgehead atoms. The molecule has 0 fully saturated rings. The van der Waals surface area contributed by atoms with Gasteiger partial charge in [0.1, 0.15) is 11.5 Å². The van der Waals surface area contributed by atoms with Crippen molar-refractivity contribution in [3.05, 3.63) is 82.3 Å². The summed E-state index contributed by atoms with van der Waals surface area (Å²) in [7, 11) is 0. The molecule has 21 heavy (non-hydrogen) atoms. The average Bonchev–Trinajstić information content (AvgIpc) is 2.97. The fourth-order valence-electron chi connectivity index (χ4n) is 2.06. The average molecular weight is 345 g/mol. The van der Waals surface area contributed by atoms with Crippen LogP contribution in [0.15, 0.2) is 65.3 Å². The van der Waals surface area contributed by atoms with Gasteiger partial charge in [0, 0.05) is 4.47 Å². The molecule has 0 saturated heterocycles. The Hall–Kier alpha value is -2.27. The van der Waals surface area contributed by atoms with E-state index in [-0.39, 0.29) is 5.56 Å². The molecule has 0 unspecified atom stereocenters. The lowest BCUT2D eigenvalue weighted by molar-refractivity contribution is 0.102. The number of carbonyl (C=O) groups is 1. The van der Waals surface area contributed by atoms with Gasteiger partial charge in [-0.05, 0) is 36.4 Å². The topological polar surface area (TPSA) is 34.9 Å². The molecule has 0 aliphatic rings. The van der Waals surface area contributed by atoms with Crippen molar-refractivity contribution in [3.63, 3.8) is 0 Å². The van der Waals surface area contributed by atoms with Gasteiger partial charge in [0.2, 0.25) is 5.78 Å². The summed E-state index contributed by atoms with van der Waals surface area (Å²) in [5.41, 5.74) is 1.10. The van der Waals surface area contributed by atoms with Gasteiger partial charge in [-0.15, -0.1) is 0 Å². The van der Waals surface area contributed by atoms with Crippen LogP contribution in [0.25, 0.3) is 5.69 Å². The predicted molar refractivity (Wildman–Crippen MR) is 81.1 cm³/mol. The van der Waals surface area contributed by atoms with Gasteiger partial charge in [0.25, 0.3) is 0 Å². The van der Waals surface area contributed by atoms with Gasteiger partial charge in [-0.25, -0.2) is 9.07 Å². The molecule has 3 rings (SSSR count). The minimum Gasteiger partial charge on any atom is -0.287 e. The minimum atomic E-state index is -0.560. The van der Waals surface area contributed by atoms with Crippen molar-refractivity contribution >= 4 is 21.7 Å². The molecule has 0 aliphatic heterocycles. The molecule has 0 atom stereocenters. The van der Waals surface area contributed by atoms with E-state index in [0.717, 1.165) is 5.69 Å². The van der Waals surface area contributed by atoms with Gasteiger partial charge in [0.15, 0.2) is 0 Å². The summed E-state index contributed by atoms with van der Waals surface area (Å²) in [6.07, 6.45) is 1.52. The molecular weight excluding hydrogens is 335 g/mol. The van der Waals surface area contributed by atoms with Crippen molar-refractivity contribution in [3.8, 4) is 5.69 Å². The number of hydrogen-bond acceptors (Lipinski definition) is 2. The first-order valence-electron chi connectivity index (χ1n) is 6.26. The standard InChI is InChI=1S/C16H10BrFN2O/c17-11-6-7-13(14(18)10-11)16(21)15-8-9-19-20(15)12-4-2-1-3-5-12/h1-10H. The van der Waals surface area contributed by atoms with Crippen molar-refractivity contribution in [1.82, 2.24) is 9.78 Å². The first kappa shape index (κ1) is 13.7. The van der Waals surface area contributed by atoms with Crippen LogP contribution in [0, 0.1) is 5.82 Å². The fourth-order valence-corrected chi connectivity index (χ4v) is 2.39. The molecule has 1 heterocycles. The lowest BCUT2D eigenvalue weighted by Crippen LogP contribution is -2.11. The van der Waals surface area contributed by atoms with Gasteiger partial charge in [0.05, 0.1) is 17.4 Å². The van der Waals surface area contributed by atoms with Crippen LogP contribution in [-0.2, 0) is 0 Å². The van der Waals surface area contributed by atoms with Crippen molar-refractivity contribution < 1.29 is 9.18 Å². The van der Waals surface area contributed by atoms with Crippen LogP contribution in [0.4, 0.5) is 4.39 Å². The zero-order chi connectivity index (χ0) is 14.8. The third-order valence-electron chi connectivity index (χ3n) is 3.05. The summed E-state index contributed by atoms with van der Waals surface area (Å²) in [4.78, 5) is 12.5. The van der Waals surface area contributed by atoms with Gasteiger partial charge in [-0.2, -0.15) is 5.10 Å². The SMILES string of the molecule is O=C(c1ccc(Br)cc1F)c1ccnn1-c1ccccc1. The second-order valence-electron chi connectivity index (χ2n) is 4.42. The van der Waals surface area contributed by atoms with Gasteiger partial charge in [-0.1, -0.05) is 34.1 Å². The Kier molecular flexibility index (Phi) is 3.66. The highest BCUT2D eigenvalue weighted by Gasteiger charge is 2.18. The van der Waals surface area contributed by atoms with Crippen LogP contribution in [0.3, 0.4) is 0 Å². The van der Waals surface area contributed by atoms with Crippen molar-refractivity contribution in [1.29, 1.82) is 0 Å². The second kappa shape index (κ2) is 5.61. The van der Waals surface area contributed by atoms with Gasteiger partial charge in [-0.3, -0.25) is 4.79 Å². The number of rotatable bonds is 3. The first-order chi connectivity index (χ1) is 10.2. The zero-order valence-electron chi connectivity index (χ0n) is 10.8. The molecule has 0 radical (unpaired) electrons. The third-order valence-corrected chi connectivity index (χ3v) is 3.55. The van der Waals surface area contributed by atoms with Crippen molar-refractivity contribution in [2.75, 3.05) is 0 Å².